The summed E-state index contributed by atoms with van der Waals surface area (Å²) in [5.41, 5.74) is 1.05. The van der Waals surface area contributed by atoms with Crippen LogP contribution in [0.4, 0.5) is 5.95 Å². The van der Waals surface area contributed by atoms with Crippen molar-refractivity contribution in [2.24, 2.45) is 0 Å². The van der Waals surface area contributed by atoms with Gasteiger partial charge in [-0.15, -0.1) is 0 Å². The Kier molecular flexibility index (Phi) is 3.64. The second-order valence-corrected chi connectivity index (χ2v) is 3.06. The van der Waals surface area contributed by atoms with Crippen molar-refractivity contribution in [3.8, 4) is 0 Å². The van der Waals surface area contributed by atoms with Gasteiger partial charge in [0.15, 0.2) is 0 Å². The van der Waals surface area contributed by atoms with E-state index in [1.54, 1.807) is 12.4 Å². The molecular weight excluding hydrogens is 166 g/mol. The van der Waals surface area contributed by atoms with Crippen molar-refractivity contribution in [3.63, 3.8) is 0 Å². The second-order valence-electron chi connectivity index (χ2n) is 3.06. The fraction of sp³-hybridized carbons (Fsp3) is 0.556. The zero-order valence-corrected chi connectivity index (χ0v) is 8.06. The molecule has 72 valence electrons. The molecule has 0 atom stereocenters. The van der Waals surface area contributed by atoms with Gasteiger partial charge >= 0.3 is 0 Å². The van der Waals surface area contributed by atoms with Gasteiger partial charge in [0.2, 0.25) is 5.95 Å². The van der Waals surface area contributed by atoms with E-state index in [1.807, 2.05) is 18.9 Å². The van der Waals surface area contributed by atoms with Crippen molar-refractivity contribution in [2.75, 3.05) is 25.1 Å². The number of aliphatic hydroxyl groups excluding tert-OH is 1. The van der Waals surface area contributed by atoms with Gasteiger partial charge in [-0.25, -0.2) is 9.97 Å². The molecule has 0 amide bonds. The number of anilines is 1. The smallest absolute Gasteiger partial charge is 0.224 e. The maximum absolute atomic E-state index is 8.64. The van der Waals surface area contributed by atoms with E-state index in [2.05, 4.69) is 9.97 Å². The van der Waals surface area contributed by atoms with E-state index in [9.17, 15) is 0 Å². The fourth-order valence-corrected chi connectivity index (χ4v) is 0.991. The molecule has 0 spiro atoms. The van der Waals surface area contributed by atoms with Crippen LogP contribution in [0.1, 0.15) is 12.0 Å². The van der Waals surface area contributed by atoms with Crippen LogP contribution < -0.4 is 4.90 Å². The summed E-state index contributed by atoms with van der Waals surface area (Å²) in [4.78, 5) is 10.3. The van der Waals surface area contributed by atoms with E-state index in [1.165, 1.54) is 0 Å². The standard InChI is InChI=1S/C9H15N3O/c1-8-6-10-9(11-7-8)12(2)4-3-5-13/h6-7,13H,3-5H2,1-2H3. The highest BCUT2D eigenvalue weighted by Gasteiger charge is 2.01. The molecule has 1 rings (SSSR count). The number of aromatic nitrogens is 2. The zero-order valence-electron chi connectivity index (χ0n) is 8.06. The Morgan fingerprint density at radius 1 is 1.38 bits per heavy atom. The molecule has 0 aromatic carbocycles. The topological polar surface area (TPSA) is 49.2 Å². The Balaban J connectivity index is 2.55. The van der Waals surface area contributed by atoms with Gasteiger partial charge in [0.05, 0.1) is 0 Å². The SMILES string of the molecule is Cc1cnc(N(C)CCCO)nc1. The quantitative estimate of drug-likeness (QED) is 0.739. The lowest BCUT2D eigenvalue weighted by molar-refractivity contribution is 0.290. The summed E-state index contributed by atoms with van der Waals surface area (Å²) in [5, 5.41) is 8.64. The maximum Gasteiger partial charge on any atom is 0.224 e. The van der Waals surface area contributed by atoms with Crippen molar-refractivity contribution in [1.29, 1.82) is 0 Å². The first-order valence-electron chi connectivity index (χ1n) is 4.34. The summed E-state index contributed by atoms with van der Waals surface area (Å²) < 4.78 is 0. The van der Waals surface area contributed by atoms with Crippen LogP contribution in [0.5, 0.6) is 0 Å². The summed E-state index contributed by atoms with van der Waals surface area (Å²) in [6.07, 6.45) is 4.32. The number of aryl methyl sites for hydroxylation is 1. The highest BCUT2D eigenvalue weighted by atomic mass is 16.3. The molecule has 1 N–H and O–H groups in total. The Morgan fingerprint density at radius 3 is 2.54 bits per heavy atom. The van der Waals surface area contributed by atoms with E-state index < -0.39 is 0 Å². The third-order valence-corrected chi connectivity index (χ3v) is 1.76. The molecule has 1 aromatic rings. The zero-order chi connectivity index (χ0) is 9.68. The molecule has 1 heterocycles. The van der Waals surface area contributed by atoms with Crippen LogP contribution in [0.25, 0.3) is 0 Å². The molecule has 0 unspecified atom stereocenters. The van der Waals surface area contributed by atoms with Crippen LogP contribution in [-0.2, 0) is 0 Å². The van der Waals surface area contributed by atoms with Crippen molar-refractivity contribution in [2.45, 2.75) is 13.3 Å². The first-order chi connectivity index (χ1) is 6.24. The first kappa shape index (κ1) is 9.92. The van der Waals surface area contributed by atoms with Crippen molar-refractivity contribution < 1.29 is 5.11 Å². The predicted molar refractivity (Wildman–Crippen MR) is 51.7 cm³/mol. The van der Waals surface area contributed by atoms with Crippen LogP contribution in [0.2, 0.25) is 0 Å². The van der Waals surface area contributed by atoms with Gasteiger partial charge in [0, 0.05) is 32.6 Å². The molecule has 0 saturated carbocycles. The predicted octanol–water partition coefficient (Wildman–Crippen LogP) is 0.604. The van der Waals surface area contributed by atoms with E-state index in [0.29, 0.717) is 5.95 Å². The fourth-order valence-electron chi connectivity index (χ4n) is 0.991. The van der Waals surface area contributed by atoms with E-state index in [-0.39, 0.29) is 6.61 Å². The molecule has 13 heavy (non-hydrogen) atoms. The van der Waals surface area contributed by atoms with Crippen LogP contribution in [0.15, 0.2) is 12.4 Å². The average Bonchev–Trinajstić information content (AvgIpc) is 2.15. The number of aliphatic hydroxyl groups is 1. The summed E-state index contributed by atoms with van der Waals surface area (Å²) in [6.45, 7) is 2.94. The van der Waals surface area contributed by atoms with Gasteiger partial charge in [-0.3, -0.25) is 0 Å². The minimum absolute atomic E-state index is 0.205. The van der Waals surface area contributed by atoms with E-state index in [4.69, 9.17) is 5.11 Å². The lowest BCUT2D eigenvalue weighted by Crippen LogP contribution is -2.21. The van der Waals surface area contributed by atoms with E-state index >= 15 is 0 Å². The van der Waals surface area contributed by atoms with Crippen LogP contribution >= 0.6 is 0 Å². The van der Waals surface area contributed by atoms with Crippen molar-refractivity contribution in [1.82, 2.24) is 9.97 Å². The minimum Gasteiger partial charge on any atom is -0.396 e. The third-order valence-electron chi connectivity index (χ3n) is 1.76. The molecule has 0 radical (unpaired) electrons. The lowest BCUT2D eigenvalue weighted by Gasteiger charge is -2.15. The summed E-state index contributed by atoms with van der Waals surface area (Å²) in [5.74, 6) is 0.707. The van der Waals surface area contributed by atoms with Crippen LogP contribution in [0, 0.1) is 6.92 Å². The largest absolute Gasteiger partial charge is 0.396 e. The average molecular weight is 181 g/mol. The van der Waals surface area contributed by atoms with E-state index in [0.717, 1.165) is 18.5 Å². The third kappa shape index (κ3) is 2.99. The summed E-state index contributed by atoms with van der Waals surface area (Å²) in [7, 11) is 1.92. The van der Waals surface area contributed by atoms with Crippen LogP contribution in [0.3, 0.4) is 0 Å². The first-order valence-corrected chi connectivity index (χ1v) is 4.34. The summed E-state index contributed by atoms with van der Waals surface area (Å²) >= 11 is 0. The Morgan fingerprint density at radius 2 is 2.00 bits per heavy atom. The molecule has 0 saturated heterocycles. The van der Waals surface area contributed by atoms with Gasteiger partial charge in [-0.05, 0) is 18.9 Å². The highest BCUT2D eigenvalue weighted by molar-refractivity contribution is 5.27. The molecule has 0 fully saturated rings. The molecule has 4 nitrogen and oxygen atoms in total. The van der Waals surface area contributed by atoms with Crippen molar-refractivity contribution in [3.05, 3.63) is 18.0 Å². The molecule has 4 heteroatoms. The molecule has 1 aromatic heterocycles. The number of hydrogen-bond donors (Lipinski definition) is 1. The van der Waals surface area contributed by atoms with Gasteiger partial charge in [0.25, 0.3) is 0 Å². The highest BCUT2D eigenvalue weighted by Crippen LogP contribution is 2.04. The molecule has 0 bridgehead atoms. The van der Waals surface area contributed by atoms with Crippen LogP contribution in [-0.4, -0.2) is 35.3 Å². The van der Waals surface area contributed by atoms with Gasteiger partial charge in [-0.1, -0.05) is 0 Å². The van der Waals surface area contributed by atoms with Gasteiger partial charge in [-0.2, -0.15) is 0 Å². The Bertz CT molecular complexity index is 248. The molecule has 0 aliphatic carbocycles. The molecule has 0 aliphatic rings. The Labute approximate surface area is 78.2 Å². The maximum atomic E-state index is 8.64. The normalized spacial score (nSPS) is 10.1. The Hall–Kier alpha value is -1.16. The van der Waals surface area contributed by atoms with Gasteiger partial charge < -0.3 is 10.0 Å². The van der Waals surface area contributed by atoms with Crippen molar-refractivity contribution >= 4 is 5.95 Å². The molecular formula is C9H15N3O. The summed E-state index contributed by atoms with van der Waals surface area (Å²) in [6, 6.07) is 0. The molecule has 0 aliphatic heterocycles. The number of hydrogen-bond acceptors (Lipinski definition) is 4. The number of nitrogens with zero attached hydrogens (tertiary/aromatic N) is 3. The van der Waals surface area contributed by atoms with Gasteiger partial charge in [0.1, 0.15) is 0 Å². The monoisotopic (exact) mass is 181 g/mol. The minimum atomic E-state index is 0.205. The second kappa shape index (κ2) is 4.77. The lowest BCUT2D eigenvalue weighted by atomic mass is 10.4. The number of rotatable bonds is 4.